The van der Waals surface area contributed by atoms with Gasteiger partial charge in [0.25, 0.3) is 0 Å². The Kier molecular flexibility index (Phi) is 4.30. The second-order valence-electron chi connectivity index (χ2n) is 5.11. The van der Waals surface area contributed by atoms with Gasteiger partial charge in [-0.05, 0) is 24.0 Å². The summed E-state index contributed by atoms with van der Waals surface area (Å²) in [4.78, 5) is 0. The van der Waals surface area contributed by atoms with Crippen LogP contribution in [0.5, 0.6) is 0 Å². The van der Waals surface area contributed by atoms with Crippen molar-refractivity contribution in [2.45, 2.75) is 37.7 Å². The zero-order valence-electron chi connectivity index (χ0n) is 10.3. The van der Waals surface area contributed by atoms with Gasteiger partial charge >= 0.3 is 0 Å². The van der Waals surface area contributed by atoms with Gasteiger partial charge in [-0.2, -0.15) is 0 Å². The Morgan fingerprint density at radius 2 is 2.06 bits per heavy atom. The van der Waals surface area contributed by atoms with E-state index in [1.807, 2.05) is 0 Å². The van der Waals surface area contributed by atoms with Gasteiger partial charge in [0, 0.05) is 18.5 Å². The monoisotopic (exact) mass is 255 g/mol. The molecule has 100 valence electrons. The van der Waals surface area contributed by atoms with Gasteiger partial charge in [0.2, 0.25) is 0 Å². The second kappa shape index (κ2) is 5.76. The van der Waals surface area contributed by atoms with E-state index in [2.05, 4.69) is 0 Å². The number of halogens is 2. The van der Waals surface area contributed by atoms with Crippen LogP contribution >= 0.6 is 0 Å². The Morgan fingerprint density at radius 1 is 1.33 bits per heavy atom. The molecule has 2 nitrogen and oxygen atoms in total. The van der Waals surface area contributed by atoms with Crippen LogP contribution in [0.1, 0.15) is 37.2 Å². The third-order valence-corrected chi connectivity index (χ3v) is 3.88. The maximum Gasteiger partial charge on any atom is 0.129 e. The number of aliphatic hydroxyl groups excluding tert-OH is 1. The lowest BCUT2D eigenvalue weighted by Gasteiger charge is -2.31. The minimum atomic E-state index is -0.653. The highest BCUT2D eigenvalue weighted by Crippen LogP contribution is 2.34. The minimum Gasteiger partial charge on any atom is -0.392 e. The first-order valence-electron chi connectivity index (χ1n) is 6.45. The van der Waals surface area contributed by atoms with Crippen molar-refractivity contribution < 1.29 is 13.9 Å². The maximum absolute atomic E-state index is 13.7. The van der Waals surface area contributed by atoms with Crippen molar-refractivity contribution in [3.8, 4) is 0 Å². The van der Waals surface area contributed by atoms with E-state index in [-0.39, 0.29) is 6.54 Å². The summed E-state index contributed by atoms with van der Waals surface area (Å²) in [5, 5.41) is 10.2. The van der Waals surface area contributed by atoms with Crippen LogP contribution < -0.4 is 5.73 Å². The summed E-state index contributed by atoms with van der Waals surface area (Å²) in [6, 6.07) is 3.43. The zero-order chi connectivity index (χ0) is 13.1. The summed E-state index contributed by atoms with van der Waals surface area (Å²) < 4.78 is 26.5. The molecule has 0 saturated heterocycles. The SMILES string of the molecule is NCC(c1ccc(F)cc1F)C(O)CC1CCC1. The molecule has 4 heteroatoms. The zero-order valence-corrected chi connectivity index (χ0v) is 10.3. The van der Waals surface area contributed by atoms with Crippen LogP contribution in [0.4, 0.5) is 8.78 Å². The Labute approximate surface area is 106 Å². The maximum atomic E-state index is 13.7. The highest BCUT2D eigenvalue weighted by atomic mass is 19.1. The third kappa shape index (κ3) is 2.87. The minimum absolute atomic E-state index is 0.163. The molecule has 18 heavy (non-hydrogen) atoms. The lowest BCUT2D eigenvalue weighted by atomic mass is 9.78. The van der Waals surface area contributed by atoms with Crippen molar-refractivity contribution in [2.75, 3.05) is 6.54 Å². The Morgan fingerprint density at radius 3 is 2.56 bits per heavy atom. The van der Waals surface area contributed by atoms with Crippen LogP contribution in [-0.2, 0) is 0 Å². The average Bonchev–Trinajstić information content (AvgIpc) is 2.27. The largest absolute Gasteiger partial charge is 0.392 e. The first-order chi connectivity index (χ1) is 8.61. The van der Waals surface area contributed by atoms with Gasteiger partial charge < -0.3 is 10.8 Å². The molecule has 1 aliphatic rings. The van der Waals surface area contributed by atoms with Gasteiger partial charge in [-0.1, -0.05) is 25.3 Å². The van der Waals surface area contributed by atoms with Gasteiger partial charge in [-0.3, -0.25) is 0 Å². The molecule has 1 aromatic carbocycles. The van der Waals surface area contributed by atoms with E-state index in [0.717, 1.165) is 18.9 Å². The lowest BCUT2D eigenvalue weighted by molar-refractivity contribution is 0.0940. The van der Waals surface area contributed by atoms with Gasteiger partial charge in [0.1, 0.15) is 11.6 Å². The topological polar surface area (TPSA) is 46.2 Å². The smallest absolute Gasteiger partial charge is 0.129 e. The molecule has 2 unspecified atom stereocenters. The third-order valence-electron chi connectivity index (χ3n) is 3.88. The number of nitrogens with two attached hydrogens (primary N) is 1. The Bertz CT molecular complexity index is 407. The van der Waals surface area contributed by atoms with Crippen molar-refractivity contribution in [2.24, 2.45) is 11.7 Å². The molecule has 3 N–H and O–H groups in total. The summed E-state index contributed by atoms with van der Waals surface area (Å²) in [5.74, 6) is -1.16. The van der Waals surface area contributed by atoms with Crippen molar-refractivity contribution >= 4 is 0 Å². The van der Waals surface area contributed by atoms with Crippen molar-refractivity contribution in [1.29, 1.82) is 0 Å². The molecular weight excluding hydrogens is 236 g/mol. The fourth-order valence-corrected chi connectivity index (χ4v) is 2.53. The first kappa shape index (κ1) is 13.4. The molecule has 0 aliphatic heterocycles. The molecule has 1 aromatic rings. The van der Waals surface area contributed by atoms with E-state index in [4.69, 9.17) is 5.73 Å². The highest BCUT2D eigenvalue weighted by Gasteiger charge is 2.28. The molecular formula is C14H19F2NO. The first-order valence-corrected chi connectivity index (χ1v) is 6.45. The number of benzene rings is 1. The molecule has 0 bridgehead atoms. The molecule has 1 aliphatic carbocycles. The van der Waals surface area contributed by atoms with E-state index in [0.29, 0.717) is 17.9 Å². The summed E-state index contributed by atoms with van der Waals surface area (Å²) in [5.41, 5.74) is 5.94. The molecule has 2 atom stereocenters. The second-order valence-corrected chi connectivity index (χ2v) is 5.11. The molecule has 0 heterocycles. The van der Waals surface area contributed by atoms with Crippen molar-refractivity contribution in [3.05, 3.63) is 35.4 Å². The average molecular weight is 255 g/mol. The van der Waals surface area contributed by atoms with Crippen LogP contribution in [0.2, 0.25) is 0 Å². The predicted molar refractivity (Wildman–Crippen MR) is 66.1 cm³/mol. The number of hydrogen-bond donors (Lipinski definition) is 2. The molecule has 0 radical (unpaired) electrons. The van der Waals surface area contributed by atoms with Gasteiger partial charge in [0.05, 0.1) is 6.10 Å². The van der Waals surface area contributed by atoms with E-state index < -0.39 is 23.7 Å². The van der Waals surface area contributed by atoms with Crippen LogP contribution in [-0.4, -0.2) is 17.8 Å². The van der Waals surface area contributed by atoms with E-state index >= 15 is 0 Å². The van der Waals surface area contributed by atoms with Crippen LogP contribution in [0.15, 0.2) is 18.2 Å². The number of rotatable bonds is 5. The highest BCUT2D eigenvalue weighted by molar-refractivity contribution is 5.24. The van der Waals surface area contributed by atoms with Gasteiger partial charge in [-0.15, -0.1) is 0 Å². The molecule has 0 spiro atoms. The lowest BCUT2D eigenvalue weighted by Crippen LogP contribution is -2.30. The number of hydrogen-bond acceptors (Lipinski definition) is 2. The molecule has 1 fully saturated rings. The predicted octanol–water partition coefficient (Wildman–Crippen LogP) is 2.56. The van der Waals surface area contributed by atoms with E-state index in [9.17, 15) is 13.9 Å². The standard InChI is InChI=1S/C14H19F2NO/c15-10-4-5-11(13(16)7-10)12(8-17)14(18)6-9-2-1-3-9/h4-5,7,9,12,14,18H,1-3,6,8,17H2. The fourth-order valence-electron chi connectivity index (χ4n) is 2.53. The Hall–Kier alpha value is -1.00. The van der Waals surface area contributed by atoms with Crippen LogP contribution in [0.25, 0.3) is 0 Å². The van der Waals surface area contributed by atoms with Crippen LogP contribution in [0.3, 0.4) is 0 Å². The van der Waals surface area contributed by atoms with Crippen molar-refractivity contribution in [3.63, 3.8) is 0 Å². The fraction of sp³-hybridized carbons (Fsp3) is 0.571. The molecule has 2 rings (SSSR count). The van der Waals surface area contributed by atoms with Crippen molar-refractivity contribution in [1.82, 2.24) is 0 Å². The molecule has 0 aromatic heterocycles. The van der Waals surface area contributed by atoms with E-state index in [1.54, 1.807) is 0 Å². The molecule has 0 amide bonds. The van der Waals surface area contributed by atoms with Crippen LogP contribution in [0, 0.1) is 17.6 Å². The summed E-state index contributed by atoms with van der Waals surface area (Å²) in [6.07, 6.45) is 3.45. The van der Waals surface area contributed by atoms with Gasteiger partial charge in [0.15, 0.2) is 0 Å². The summed E-state index contributed by atoms with van der Waals surface area (Å²) >= 11 is 0. The van der Waals surface area contributed by atoms with Gasteiger partial charge in [-0.25, -0.2) is 8.78 Å². The number of aliphatic hydroxyl groups is 1. The normalized spacial score (nSPS) is 19.3. The Balaban J connectivity index is 2.10. The summed E-state index contributed by atoms with van der Waals surface area (Å²) in [6.45, 7) is 0.163. The quantitative estimate of drug-likeness (QED) is 0.849. The summed E-state index contributed by atoms with van der Waals surface area (Å²) in [7, 11) is 0. The molecule has 1 saturated carbocycles. The van der Waals surface area contributed by atoms with E-state index in [1.165, 1.54) is 18.6 Å².